The van der Waals surface area contributed by atoms with Gasteiger partial charge in [-0.3, -0.25) is 16.0 Å². The highest BCUT2D eigenvalue weighted by atomic mass is 15.3. The van der Waals surface area contributed by atoms with E-state index in [4.69, 9.17) is 5.73 Å². The Kier molecular flexibility index (Phi) is 12.4. The average Bonchev–Trinajstić information content (AvgIpc) is 2.81. The largest absolute Gasteiger partial charge is 0.385 e. The van der Waals surface area contributed by atoms with Crippen LogP contribution in [0.2, 0.25) is 0 Å². The molecule has 2 bridgehead atoms. The topological polar surface area (TPSA) is 122 Å². The number of hydrogen-bond acceptors (Lipinski definition) is 9. The minimum absolute atomic E-state index is 0.252. The van der Waals surface area contributed by atoms with Crippen molar-refractivity contribution in [1.29, 1.82) is 0 Å². The van der Waals surface area contributed by atoms with E-state index in [-0.39, 0.29) is 5.66 Å². The van der Waals surface area contributed by atoms with Crippen LogP contribution in [0.3, 0.4) is 0 Å². The van der Waals surface area contributed by atoms with E-state index in [9.17, 15) is 0 Å². The van der Waals surface area contributed by atoms with Gasteiger partial charge in [-0.25, -0.2) is 0 Å². The Balaban J connectivity index is 0.00000176. The molecule has 0 saturated carbocycles. The predicted molar refractivity (Wildman–Crippen MR) is 136 cm³/mol. The lowest BCUT2D eigenvalue weighted by molar-refractivity contribution is 0.215. The van der Waals surface area contributed by atoms with Gasteiger partial charge < -0.3 is 32.3 Å². The maximum atomic E-state index is 6.61. The second-order valence-corrected chi connectivity index (χ2v) is 8.38. The van der Waals surface area contributed by atoms with Gasteiger partial charge >= 0.3 is 0 Å². The molecule has 0 atom stereocenters. The summed E-state index contributed by atoms with van der Waals surface area (Å²) in [4.78, 5) is 0. The molecule has 0 unspecified atom stereocenters. The summed E-state index contributed by atoms with van der Waals surface area (Å²) in [7, 11) is 0. The van der Waals surface area contributed by atoms with E-state index in [1.165, 1.54) is 5.56 Å². The van der Waals surface area contributed by atoms with Gasteiger partial charge in [-0.05, 0) is 24.6 Å². The number of hydrogen-bond donors (Lipinski definition) is 9. The van der Waals surface area contributed by atoms with Crippen LogP contribution in [0, 0.1) is 0 Å². The van der Waals surface area contributed by atoms with Crippen LogP contribution < -0.4 is 48.3 Å². The summed E-state index contributed by atoms with van der Waals surface area (Å²) < 4.78 is 0. The zero-order valence-corrected chi connectivity index (χ0v) is 20.4. The van der Waals surface area contributed by atoms with Crippen molar-refractivity contribution in [2.45, 2.75) is 38.6 Å². The lowest BCUT2D eigenvalue weighted by Gasteiger charge is -2.39. The normalized spacial score (nSPS) is 27.9. The van der Waals surface area contributed by atoms with Crippen LogP contribution in [0.5, 0.6) is 0 Å². The Bertz CT molecular complexity index is 592. The zero-order chi connectivity index (χ0) is 23.1. The molecular weight excluding hydrogens is 402 g/mol. The molecule has 1 aromatic rings. The molecule has 32 heavy (non-hydrogen) atoms. The van der Waals surface area contributed by atoms with Gasteiger partial charge in [0, 0.05) is 84.2 Å². The van der Waals surface area contributed by atoms with Crippen molar-refractivity contribution < 1.29 is 0 Å². The van der Waals surface area contributed by atoms with Crippen molar-refractivity contribution in [2.75, 3.05) is 77.3 Å². The van der Waals surface area contributed by atoms with E-state index in [0.717, 1.165) is 84.2 Å². The lowest BCUT2D eigenvalue weighted by Crippen LogP contribution is -2.71. The molecule has 0 spiro atoms. The van der Waals surface area contributed by atoms with E-state index in [0.29, 0.717) is 0 Å². The number of nitrogens with one attached hydrogen (secondary N) is 8. The molecule has 3 rings (SSSR count). The van der Waals surface area contributed by atoms with Gasteiger partial charge in [-0.2, -0.15) is 0 Å². The number of anilines is 1. The molecule has 2 aliphatic heterocycles. The Labute approximate surface area is 194 Å². The van der Waals surface area contributed by atoms with Gasteiger partial charge in [0.05, 0.1) is 11.3 Å². The highest BCUT2D eigenvalue weighted by molar-refractivity contribution is 5.44. The molecule has 0 aliphatic carbocycles. The van der Waals surface area contributed by atoms with E-state index in [2.05, 4.69) is 73.7 Å². The molecule has 184 valence electrons. The first kappa shape index (κ1) is 26.9. The fourth-order valence-corrected chi connectivity index (χ4v) is 3.97. The van der Waals surface area contributed by atoms with E-state index in [1.54, 1.807) is 0 Å². The summed E-state index contributed by atoms with van der Waals surface area (Å²) in [5, 5.41) is 28.7. The van der Waals surface area contributed by atoms with Crippen LogP contribution >= 0.6 is 0 Å². The molecule has 2 saturated heterocycles. The third kappa shape index (κ3) is 9.29. The molecular formula is C23H47N9. The number of fused-ring (bicyclic) bond motifs is 5. The summed E-state index contributed by atoms with van der Waals surface area (Å²) in [5.74, 6) is 0. The SMILES string of the molecule is CC.CCNc1ccc(CNC23CNCCNCC(N)(CNCCNC2)NCCN3)cc1. The van der Waals surface area contributed by atoms with Crippen molar-refractivity contribution in [3.8, 4) is 0 Å². The zero-order valence-electron chi connectivity index (χ0n) is 20.4. The van der Waals surface area contributed by atoms with Crippen molar-refractivity contribution in [1.82, 2.24) is 37.2 Å². The van der Waals surface area contributed by atoms with Crippen LogP contribution in [0.15, 0.2) is 24.3 Å². The number of benzene rings is 1. The molecule has 10 N–H and O–H groups in total. The monoisotopic (exact) mass is 449 g/mol. The minimum atomic E-state index is -0.454. The van der Waals surface area contributed by atoms with Crippen LogP contribution in [-0.4, -0.2) is 83.3 Å². The van der Waals surface area contributed by atoms with Crippen LogP contribution in [0.1, 0.15) is 26.3 Å². The first-order valence-electron chi connectivity index (χ1n) is 12.3. The first-order chi connectivity index (χ1) is 15.6. The predicted octanol–water partition coefficient (Wildman–Crippen LogP) is -0.850. The molecule has 0 amide bonds. The highest BCUT2D eigenvalue weighted by Crippen LogP contribution is 2.10. The molecule has 2 aliphatic rings. The number of rotatable bonds is 5. The summed E-state index contributed by atoms with van der Waals surface area (Å²) in [6, 6.07) is 8.66. The third-order valence-corrected chi connectivity index (χ3v) is 5.72. The van der Waals surface area contributed by atoms with Crippen LogP contribution in [0.4, 0.5) is 5.69 Å². The molecule has 0 radical (unpaired) electrons. The lowest BCUT2D eigenvalue weighted by atomic mass is 10.1. The maximum absolute atomic E-state index is 6.61. The number of nitrogens with two attached hydrogens (primary N) is 1. The molecule has 0 aromatic heterocycles. The Morgan fingerprint density at radius 3 is 1.88 bits per heavy atom. The van der Waals surface area contributed by atoms with Gasteiger partial charge in [-0.15, -0.1) is 0 Å². The van der Waals surface area contributed by atoms with Gasteiger partial charge in [0.25, 0.3) is 0 Å². The Morgan fingerprint density at radius 2 is 1.31 bits per heavy atom. The van der Waals surface area contributed by atoms with Gasteiger partial charge in [0.1, 0.15) is 0 Å². The summed E-state index contributed by atoms with van der Waals surface area (Å²) in [5.41, 5.74) is 8.33. The average molecular weight is 450 g/mol. The van der Waals surface area contributed by atoms with Crippen LogP contribution in [0.25, 0.3) is 0 Å². The van der Waals surface area contributed by atoms with Crippen molar-refractivity contribution in [2.24, 2.45) is 5.73 Å². The standard InChI is InChI=1S/C21H41N9.C2H6/c1-2-27-19-5-3-18(4-6-19)13-30-21-16-25-9-7-23-14-20(22,28-11-12-29-21)15-24-8-10-26-17-21;1-2/h3-6,23-30H,2,7-17,22H2,1H3;1-2H3. The van der Waals surface area contributed by atoms with Crippen molar-refractivity contribution in [3.63, 3.8) is 0 Å². The molecule has 9 nitrogen and oxygen atoms in total. The van der Waals surface area contributed by atoms with E-state index < -0.39 is 5.66 Å². The highest BCUT2D eigenvalue weighted by Gasteiger charge is 2.30. The minimum Gasteiger partial charge on any atom is -0.385 e. The molecule has 9 heteroatoms. The van der Waals surface area contributed by atoms with Crippen LogP contribution in [-0.2, 0) is 6.54 Å². The first-order valence-corrected chi connectivity index (χ1v) is 12.3. The smallest absolute Gasteiger partial charge is 0.0946 e. The molecule has 1 aromatic carbocycles. The summed E-state index contributed by atoms with van der Waals surface area (Å²) >= 11 is 0. The van der Waals surface area contributed by atoms with E-state index in [1.807, 2.05) is 13.8 Å². The van der Waals surface area contributed by atoms with E-state index >= 15 is 0 Å². The van der Waals surface area contributed by atoms with Gasteiger partial charge in [-0.1, -0.05) is 26.0 Å². The van der Waals surface area contributed by atoms with Gasteiger partial charge in [0.2, 0.25) is 0 Å². The van der Waals surface area contributed by atoms with Crippen molar-refractivity contribution in [3.05, 3.63) is 29.8 Å². The Morgan fingerprint density at radius 1 is 0.781 bits per heavy atom. The fourth-order valence-electron chi connectivity index (χ4n) is 3.97. The van der Waals surface area contributed by atoms with Crippen molar-refractivity contribution >= 4 is 5.69 Å². The fraction of sp³-hybridized carbons (Fsp3) is 0.739. The van der Waals surface area contributed by atoms with Gasteiger partial charge in [0.15, 0.2) is 0 Å². The summed E-state index contributed by atoms with van der Waals surface area (Å²) in [6.45, 7) is 16.2. The Hall–Kier alpha value is -1.30. The summed E-state index contributed by atoms with van der Waals surface area (Å²) in [6.07, 6.45) is 0. The second-order valence-electron chi connectivity index (χ2n) is 8.38. The maximum Gasteiger partial charge on any atom is 0.0946 e. The second kappa shape index (κ2) is 14.8. The third-order valence-electron chi connectivity index (χ3n) is 5.72. The molecule has 2 heterocycles. The molecule has 2 fully saturated rings. The quantitative estimate of drug-likeness (QED) is 0.283.